The van der Waals surface area contributed by atoms with Gasteiger partial charge in [0.2, 0.25) is 0 Å². The fraction of sp³-hybridized carbons (Fsp3) is 0.710. The number of piperidine rings is 1. The third kappa shape index (κ3) is 6.59. The first-order valence-corrected chi connectivity index (χ1v) is 14.7. The SMILES string of the molecule is COc1cc(OC)c2c(c1)C(CCCCCCCCCCCCN1CCC3(CC1)C(=O)CCC3=O)OC2=O. The van der Waals surface area contributed by atoms with E-state index in [0.717, 1.165) is 57.3 Å². The third-order valence-corrected chi connectivity index (χ3v) is 8.91. The van der Waals surface area contributed by atoms with Crippen molar-refractivity contribution in [1.29, 1.82) is 0 Å². The van der Waals surface area contributed by atoms with E-state index < -0.39 is 5.41 Å². The van der Waals surface area contributed by atoms with Gasteiger partial charge in [0.25, 0.3) is 0 Å². The molecule has 4 rings (SSSR count). The second kappa shape index (κ2) is 13.6. The molecule has 7 heteroatoms. The van der Waals surface area contributed by atoms with Gasteiger partial charge in [0.05, 0.1) is 19.6 Å². The summed E-state index contributed by atoms with van der Waals surface area (Å²) in [7, 11) is 3.18. The maximum absolute atomic E-state index is 12.3. The molecule has 38 heavy (non-hydrogen) atoms. The van der Waals surface area contributed by atoms with Crippen molar-refractivity contribution in [1.82, 2.24) is 4.90 Å². The van der Waals surface area contributed by atoms with Gasteiger partial charge in [-0.25, -0.2) is 4.79 Å². The van der Waals surface area contributed by atoms with Crippen molar-refractivity contribution in [3.05, 3.63) is 23.3 Å². The van der Waals surface area contributed by atoms with E-state index in [9.17, 15) is 14.4 Å². The number of hydrogen-bond donors (Lipinski definition) is 0. The van der Waals surface area contributed by atoms with Crippen LogP contribution in [0, 0.1) is 5.41 Å². The normalized spacial score (nSPS) is 20.7. The molecule has 2 heterocycles. The largest absolute Gasteiger partial charge is 0.497 e. The lowest BCUT2D eigenvalue weighted by atomic mass is 9.75. The lowest BCUT2D eigenvalue weighted by molar-refractivity contribution is -0.138. The predicted molar refractivity (Wildman–Crippen MR) is 146 cm³/mol. The van der Waals surface area contributed by atoms with E-state index in [4.69, 9.17) is 14.2 Å². The Labute approximate surface area is 227 Å². The number of cyclic esters (lactones) is 1. The molecule has 1 atom stereocenters. The summed E-state index contributed by atoms with van der Waals surface area (Å²) in [5.74, 6) is 1.31. The Morgan fingerprint density at radius 2 is 1.39 bits per heavy atom. The predicted octanol–water partition coefficient (Wildman–Crippen LogP) is 6.22. The summed E-state index contributed by atoms with van der Waals surface area (Å²) in [5, 5.41) is 0. The van der Waals surface area contributed by atoms with Crippen LogP contribution in [-0.2, 0) is 14.3 Å². The Kier molecular flexibility index (Phi) is 10.2. The first-order valence-electron chi connectivity index (χ1n) is 14.7. The second-order valence-corrected chi connectivity index (χ2v) is 11.3. The monoisotopic (exact) mass is 527 g/mol. The number of rotatable bonds is 15. The first-order chi connectivity index (χ1) is 18.5. The van der Waals surface area contributed by atoms with E-state index in [1.807, 2.05) is 6.07 Å². The van der Waals surface area contributed by atoms with Crippen LogP contribution in [0.2, 0.25) is 0 Å². The van der Waals surface area contributed by atoms with Gasteiger partial charge in [0.15, 0.2) is 0 Å². The number of Topliss-reactive ketones (excluding diaryl/α,β-unsaturated/α-hetero) is 2. The molecule has 7 nitrogen and oxygen atoms in total. The topological polar surface area (TPSA) is 82.1 Å². The molecule has 1 spiro atoms. The summed E-state index contributed by atoms with van der Waals surface area (Å²) in [6.07, 6.45) is 15.4. The Hall–Kier alpha value is -2.41. The molecule has 0 N–H and O–H groups in total. The van der Waals surface area contributed by atoms with Gasteiger partial charge in [0.1, 0.15) is 34.7 Å². The van der Waals surface area contributed by atoms with Crippen molar-refractivity contribution < 1.29 is 28.6 Å². The van der Waals surface area contributed by atoms with Crippen LogP contribution >= 0.6 is 0 Å². The van der Waals surface area contributed by atoms with Crippen molar-refractivity contribution in [2.45, 2.75) is 102 Å². The number of carbonyl (C=O) groups excluding carboxylic acids is 3. The van der Waals surface area contributed by atoms with Crippen LogP contribution in [-0.4, -0.2) is 56.3 Å². The summed E-state index contributed by atoms with van der Waals surface area (Å²) in [4.78, 5) is 39.2. The Balaban J connectivity index is 0.996. The van der Waals surface area contributed by atoms with Gasteiger partial charge < -0.3 is 19.1 Å². The number of esters is 1. The average molecular weight is 528 g/mol. The second-order valence-electron chi connectivity index (χ2n) is 11.3. The number of ketones is 2. The minimum absolute atomic E-state index is 0.203. The highest BCUT2D eigenvalue weighted by Crippen LogP contribution is 2.42. The Bertz CT molecular complexity index is 963. The van der Waals surface area contributed by atoms with Gasteiger partial charge in [0, 0.05) is 24.5 Å². The molecule has 0 bridgehead atoms. The van der Waals surface area contributed by atoms with E-state index in [2.05, 4.69) is 4.90 Å². The number of carbonyl (C=O) groups is 3. The zero-order valence-corrected chi connectivity index (χ0v) is 23.4. The van der Waals surface area contributed by atoms with Crippen molar-refractivity contribution >= 4 is 17.5 Å². The van der Waals surface area contributed by atoms with Crippen molar-refractivity contribution in [3.8, 4) is 11.5 Å². The molecule has 2 aliphatic heterocycles. The van der Waals surface area contributed by atoms with Crippen molar-refractivity contribution in [3.63, 3.8) is 0 Å². The maximum atomic E-state index is 12.3. The summed E-state index contributed by atoms with van der Waals surface area (Å²) in [5.41, 5.74) is 0.821. The zero-order valence-electron chi connectivity index (χ0n) is 23.4. The van der Waals surface area contributed by atoms with E-state index >= 15 is 0 Å². The van der Waals surface area contributed by atoms with Gasteiger partial charge >= 0.3 is 5.97 Å². The number of nitrogens with zero attached hydrogens (tertiary/aromatic N) is 1. The molecular weight excluding hydrogens is 482 g/mol. The van der Waals surface area contributed by atoms with Crippen LogP contribution in [0.25, 0.3) is 0 Å². The fourth-order valence-corrected chi connectivity index (χ4v) is 6.48. The Morgan fingerprint density at radius 3 is 1.97 bits per heavy atom. The number of fused-ring (bicyclic) bond motifs is 1. The number of ether oxygens (including phenoxy) is 3. The van der Waals surface area contributed by atoms with E-state index in [0.29, 0.717) is 29.9 Å². The molecule has 2 fully saturated rings. The first kappa shape index (κ1) is 28.6. The lowest BCUT2D eigenvalue weighted by Crippen LogP contribution is -2.45. The van der Waals surface area contributed by atoms with Crippen LogP contribution in [0.1, 0.15) is 118 Å². The molecular formula is C31H45NO6. The molecule has 0 aromatic heterocycles. The van der Waals surface area contributed by atoms with Gasteiger partial charge in [-0.3, -0.25) is 9.59 Å². The van der Waals surface area contributed by atoms with Gasteiger partial charge in [-0.15, -0.1) is 0 Å². The molecule has 1 aromatic carbocycles. The standard InChI is InChI=1S/C31H45NO6/c1-36-23-21-24-25(38-30(35)29(24)26(22-23)37-2)13-11-9-7-5-3-4-6-8-10-12-18-32-19-16-31(17-20-32)27(33)14-15-28(31)34/h21-22,25H,3-20H2,1-2H3. The number of likely N-dealkylation sites (tertiary alicyclic amines) is 1. The fourth-order valence-electron chi connectivity index (χ4n) is 6.48. The van der Waals surface area contributed by atoms with Crippen LogP contribution in [0.3, 0.4) is 0 Å². The van der Waals surface area contributed by atoms with Gasteiger partial charge in [-0.1, -0.05) is 51.4 Å². The summed E-state index contributed by atoms with van der Waals surface area (Å²) in [6, 6.07) is 3.63. The van der Waals surface area contributed by atoms with Gasteiger partial charge in [-0.05, 0) is 57.8 Å². The highest BCUT2D eigenvalue weighted by Gasteiger charge is 2.50. The van der Waals surface area contributed by atoms with Crippen LogP contribution in [0.4, 0.5) is 0 Å². The molecule has 0 amide bonds. The molecule has 1 saturated heterocycles. The molecule has 1 aliphatic carbocycles. The zero-order chi connectivity index (χ0) is 27.0. The highest BCUT2D eigenvalue weighted by molar-refractivity contribution is 6.12. The van der Waals surface area contributed by atoms with E-state index in [1.165, 1.54) is 51.4 Å². The molecule has 1 aromatic rings. The molecule has 210 valence electrons. The Morgan fingerprint density at radius 1 is 0.816 bits per heavy atom. The molecule has 1 unspecified atom stereocenters. The number of hydrogen-bond acceptors (Lipinski definition) is 7. The number of benzene rings is 1. The highest BCUT2D eigenvalue weighted by atomic mass is 16.6. The minimum atomic E-state index is -0.604. The van der Waals surface area contributed by atoms with Crippen molar-refractivity contribution in [2.24, 2.45) is 5.41 Å². The van der Waals surface area contributed by atoms with Crippen molar-refractivity contribution in [2.75, 3.05) is 33.9 Å². The van der Waals surface area contributed by atoms with Gasteiger partial charge in [-0.2, -0.15) is 0 Å². The molecule has 1 saturated carbocycles. The van der Waals surface area contributed by atoms with E-state index in [-0.39, 0.29) is 23.6 Å². The average Bonchev–Trinajstić information content (AvgIpc) is 3.40. The molecule has 3 aliphatic rings. The van der Waals surface area contributed by atoms with Crippen LogP contribution in [0.15, 0.2) is 12.1 Å². The number of unbranched alkanes of at least 4 members (excludes halogenated alkanes) is 9. The molecule has 0 radical (unpaired) electrons. The van der Waals surface area contributed by atoms with Crippen LogP contribution in [0.5, 0.6) is 11.5 Å². The number of methoxy groups -OCH3 is 2. The summed E-state index contributed by atoms with van der Waals surface area (Å²) >= 11 is 0. The minimum Gasteiger partial charge on any atom is -0.497 e. The smallest absolute Gasteiger partial charge is 0.342 e. The summed E-state index contributed by atoms with van der Waals surface area (Å²) in [6.45, 7) is 2.89. The lowest BCUT2D eigenvalue weighted by Gasteiger charge is -2.37. The van der Waals surface area contributed by atoms with E-state index in [1.54, 1.807) is 20.3 Å². The van der Waals surface area contributed by atoms with Crippen LogP contribution < -0.4 is 9.47 Å². The summed E-state index contributed by atoms with van der Waals surface area (Å²) < 4.78 is 16.4. The maximum Gasteiger partial charge on any atom is 0.342 e. The quantitative estimate of drug-likeness (QED) is 0.152. The third-order valence-electron chi connectivity index (χ3n) is 8.91.